The molecule has 0 unspecified atom stereocenters. The third-order valence-electron chi connectivity index (χ3n) is 3.71. The van der Waals surface area contributed by atoms with Crippen LogP contribution in [0.25, 0.3) is 11.3 Å². The summed E-state index contributed by atoms with van der Waals surface area (Å²) in [7, 11) is 0. The van der Waals surface area contributed by atoms with E-state index in [4.69, 9.17) is 11.6 Å². The van der Waals surface area contributed by atoms with Crippen molar-refractivity contribution >= 4 is 39.7 Å². The molecule has 0 saturated carbocycles. The van der Waals surface area contributed by atoms with Crippen molar-refractivity contribution in [3.8, 4) is 11.3 Å². The van der Waals surface area contributed by atoms with Gasteiger partial charge in [0.1, 0.15) is 17.9 Å². The zero-order chi connectivity index (χ0) is 18.8. The van der Waals surface area contributed by atoms with Gasteiger partial charge in [-0.1, -0.05) is 23.7 Å². The third-order valence-corrected chi connectivity index (χ3v) is 4.72. The van der Waals surface area contributed by atoms with Crippen LogP contribution in [0.5, 0.6) is 0 Å². The Morgan fingerprint density at radius 3 is 2.65 bits per heavy atom. The molecule has 2 aromatic heterocycles. The first kappa shape index (κ1) is 18.0. The number of amides is 1. The number of thiazole rings is 1. The van der Waals surface area contributed by atoms with E-state index in [9.17, 15) is 14.9 Å². The van der Waals surface area contributed by atoms with Gasteiger partial charge in [-0.3, -0.25) is 19.6 Å². The number of carbonyl (C=O) groups is 1. The van der Waals surface area contributed by atoms with Gasteiger partial charge in [0.25, 0.3) is 0 Å². The molecule has 10 heteroatoms. The van der Waals surface area contributed by atoms with Crippen LogP contribution in [0.15, 0.2) is 29.6 Å². The fourth-order valence-electron chi connectivity index (χ4n) is 2.48. The van der Waals surface area contributed by atoms with Gasteiger partial charge in [0.2, 0.25) is 5.91 Å². The van der Waals surface area contributed by atoms with E-state index in [-0.39, 0.29) is 23.8 Å². The Bertz CT molecular complexity index is 980. The summed E-state index contributed by atoms with van der Waals surface area (Å²) in [5.74, 6) is -0.359. The van der Waals surface area contributed by atoms with Crippen molar-refractivity contribution in [2.45, 2.75) is 20.4 Å². The van der Waals surface area contributed by atoms with Crippen molar-refractivity contribution in [1.82, 2.24) is 14.8 Å². The van der Waals surface area contributed by atoms with Crippen molar-refractivity contribution in [1.29, 1.82) is 0 Å². The highest BCUT2D eigenvalue weighted by atomic mass is 35.5. The molecular weight excluding hydrogens is 378 g/mol. The molecular formula is C16H14ClN5O3S. The Labute approximate surface area is 157 Å². The average Bonchev–Trinajstić information content (AvgIpc) is 3.13. The summed E-state index contributed by atoms with van der Waals surface area (Å²) in [6.07, 6.45) is 0. The third kappa shape index (κ3) is 3.73. The highest BCUT2D eigenvalue weighted by molar-refractivity contribution is 7.14. The van der Waals surface area contributed by atoms with Gasteiger partial charge in [-0.2, -0.15) is 5.10 Å². The quantitative estimate of drug-likeness (QED) is 0.526. The van der Waals surface area contributed by atoms with Crippen molar-refractivity contribution in [3.05, 3.63) is 56.2 Å². The average molecular weight is 392 g/mol. The summed E-state index contributed by atoms with van der Waals surface area (Å²) in [6, 6.07) is 7.23. The van der Waals surface area contributed by atoms with Gasteiger partial charge in [0.05, 0.1) is 10.6 Å². The van der Waals surface area contributed by atoms with Crippen molar-refractivity contribution in [3.63, 3.8) is 0 Å². The molecule has 8 nitrogen and oxygen atoms in total. The lowest BCUT2D eigenvalue weighted by Crippen LogP contribution is -2.20. The minimum absolute atomic E-state index is 0.0722. The van der Waals surface area contributed by atoms with Crippen molar-refractivity contribution in [2.75, 3.05) is 5.32 Å². The molecule has 134 valence electrons. The number of carbonyl (C=O) groups excluding carboxylic acids is 1. The summed E-state index contributed by atoms with van der Waals surface area (Å²) in [5.41, 5.74) is 2.16. The maximum absolute atomic E-state index is 12.2. The van der Waals surface area contributed by atoms with Crippen LogP contribution in [0, 0.1) is 24.0 Å². The normalized spacial score (nSPS) is 10.7. The Balaban J connectivity index is 1.70. The first-order valence-corrected chi connectivity index (χ1v) is 8.80. The Morgan fingerprint density at radius 2 is 2.04 bits per heavy atom. The molecule has 0 aliphatic rings. The summed E-state index contributed by atoms with van der Waals surface area (Å²) in [5, 5.41) is 20.7. The number of halogens is 1. The zero-order valence-electron chi connectivity index (χ0n) is 13.9. The minimum atomic E-state index is -0.495. The van der Waals surface area contributed by atoms with Crippen LogP contribution in [0.2, 0.25) is 5.02 Å². The predicted octanol–water partition coefficient (Wildman–Crippen LogP) is 3.82. The maximum atomic E-state index is 12.2. The molecule has 0 saturated heterocycles. The molecule has 26 heavy (non-hydrogen) atoms. The zero-order valence-corrected chi connectivity index (χ0v) is 15.5. The topological polar surface area (TPSA) is 103 Å². The van der Waals surface area contributed by atoms with E-state index in [0.717, 1.165) is 11.3 Å². The van der Waals surface area contributed by atoms with Crippen LogP contribution in [0.3, 0.4) is 0 Å². The number of hydrogen-bond acceptors (Lipinski definition) is 6. The number of nitro groups is 1. The van der Waals surface area contributed by atoms with E-state index in [0.29, 0.717) is 15.8 Å². The number of rotatable bonds is 5. The molecule has 0 radical (unpaired) electrons. The second-order valence-electron chi connectivity index (χ2n) is 5.53. The molecule has 0 aliphatic carbocycles. The predicted molar refractivity (Wildman–Crippen MR) is 99.5 cm³/mol. The van der Waals surface area contributed by atoms with E-state index in [1.807, 2.05) is 17.5 Å². The van der Waals surface area contributed by atoms with Gasteiger partial charge in [-0.15, -0.1) is 11.3 Å². The number of benzene rings is 1. The van der Waals surface area contributed by atoms with Gasteiger partial charge in [-0.25, -0.2) is 4.98 Å². The first-order valence-electron chi connectivity index (χ1n) is 7.55. The monoisotopic (exact) mass is 391 g/mol. The molecule has 0 bridgehead atoms. The molecule has 1 N–H and O–H groups in total. The molecule has 0 aliphatic heterocycles. The van der Waals surface area contributed by atoms with E-state index in [1.54, 1.807) is 26.0 Å². The smallest absolute Gasteiger partial charge is 0.300 e. The maximum Gasteiger partial charge on any atom is 0.312 e. The summed E-state index contributed by atoms with van der Waals surface area (Å²) >= 11 is 7.16. The van der Waals surface area contributed by atoms with Gasteiger partial charge < -0.3 is 5.32 Å². The lowest BCUT2D eigenvalue weighted by Gasteiger charge is -2.03. The molecule has 3 rings (SSSR count). The molecule has 0 atom stereocenters. The minimum Gasteiger partial charge on any atom is -0.300 e. The van der Waals surface area contributed by atoms with E-state index < -0.39 is 4.92 Å². The van der Waals surface area contributed by atoms with Crippen molar-refractivity contribution < 1.29 is 9.72 Å². The Hall–Kier alpha value is -2.78. The number of aryl methyl sites for hydroxylation is 1. The summed E-state index contributed by atoms with van der Waals surface area (Å²) in [6.45, 7) is 2.97. The molecule has 2 heterocycles. The largest absolute Gasteiger partial charge is 0.312 e. The van der Waals surface area contributed by atoms with Crippen LogP contribution >= 0.6 is 22.9 Å². The van der Waals surface area contributed by atoms with Gasteiger partial charge in [0, 0.05) is 16.0 Å². The highest BCUT2D eigenvalue weighted by Gasteiger charge is 2.23. The highest BCUT2D eigenvalue weighted by Crippen LogP contribution is 2.26. The lowest BCUT2D eigenvalue weighted by molar-refractivity contribution is -0.386. The van der Waals surface area contributed by atoms with Gasteiger partial charge in [-0.05, 0) is 26.0 Å². The van der Waals surface area contributed by atoms with Crippen LogP contribution in [0.4, 0.5) is 10.8 Å². The summed E-state index contributed by atoms with van der Waals surface area (Å²) in [4.78, 5) is 27.1. The van der Waals surface area contributed by atoms with Crippen LogP contribution < -0.4 is 5.32 Å². The standard InChI is InChI=1S/C16H14ClN5O3S/c1-9-15(22(24)25)10(2)21(20-9)7-14(23)19-16-18-13(8-26-16)11-3-5-12(17)6-4-11/h3-6,8H,7H2,1-2H3,(H,18,19,23). The van der Waals surface area contributed by atoms with Crippen LogP contribution in [0.1, 0.15) is 11.4 Å². The summed E-state index contributed by atoms with van der Waals surface area (Å²) < 4.78 is 1.32. The fraction of sp³-hybridized carbons (Fsp3) is 0.188. The number of hydrogen-bond donors (Lipinski definition) is 1. The van der Waals surface area contributed by atoms with E-state index in [1.165, 1.54) is 16.0 Å². The fourth-order valence-corrected chi connectivity index (χ4v) is 3.35. The van der Waals surface area contributed by atoms with Crippen LogP contribution in [-0.4, -0.2) is 25.6 Å². The molecule has 0 spiro atoms. The SMILES string of the molecule is Cc1nn(CC(=O)Nc2nc(-c3ccc(Cl)cc3)cs2)c(C)c1[N+](=O)[O-]. The number of anilines is 1. The lowest BCUT2D eigenvalue weighted by atomic mass is 10.2. The second-order valence-corrected chi connectivity index (χ2v) is 6.82. The first-order chi connectivity index (χ1) is 12.3. The Morgan fingerprint density at radius 1 is 1.35 bits per heavy atom. The Kier molecular flexibility index (Phi) is 5.01. The molecule has 3 aromatic rings. The van der Waals surface area contributed by atoms with Crippen molar-refractivity contribution in [2.24, 2.45) is 0 Å². The number of nitrogens with one attached hydrogen (secondary N) is 1. The van der Waals surface area contributed by atoms with Gasteiger partial charge >= 0.3 is 5.69 Å². The molecule has 1 amide bonds. The van der Waals surface area contributed by atoms with Crippen LogP contribution in [-0.2, 0) is 11.3 Å². The number of aromatic nitrogens is 3. The molecule has 1 aromatic carbocycles. The molecule has 0 fully saturated rings. The van der Waals surface area contributed by atoms with E-state index >= 15 is 0 Å². The van der Waals surface area contributed by atoms with E-state index in [2.05, 4.69) is 15.4 Å². The van der Waals surface area contributed by atoms with Gasteiger partial charge in [0.15, 0.2) is 5.13 Å². The second kappa shape index (κ2) is 7.22. The number of nitrogens with zero attached hydrogens (tertiary/aromatic N) is 4.